The first-order chi connectivity index (χ1) is 9.61. The Labute approximate surface area is 126 Å². The van der Waals surface area contributed by atoms with E-state index in [2.05, 4.69) is 25.4 Å². The molecule has 0 bridgehead atoms. The van der Waals surface area contributed by atoms with Crippen LogP contribution in [0.2, 0.25) is 0 Å². The largest absolute Gasteiger partial charge is 0.508 e. The van der Waals surface area contributed by atoms with E-state index in [1.165, 1.54) is 36.0 Å². The second-order valence-electron chi connectivity index (χ2n) is 6.40. The van der Waals surface area contributed by atoms with Gasteiger partial charge in [-0.25, -0.2) is 0 Å². The van der Waals surface area contributed by atoms with Gasteiger partial charge < -0.3 is 10.4 Å². The molecule has 1 aromatic carbocycles. The van der Waals surface area contributed by atoms with Crippen molar-refractivity contribution in [3.8, 4) is 5.75 Å². The minimum absolute atomic E-state index is 0.331. The molecule has 2 N–H and O–H groups in total. The molecule has 110 valence electrons. The van der Waals surface area contributed by atoms with Gasteiger partial charge in [0, 0.05) is 22.9 Å². The van der Waals surface area contributed by atoms with Gasteiger partial charge in [0.2, 0.25) is 0 Å². The van der Waals surface area contributed by atoms with Crippen molar-refractivity contribution in [2.45, 2.75) is 62.8 Å². The number of rotatable bonds is 3. The third kappa shape index (κ3) is 2.35. The molecule has 20 heavy (non-hydrogen) atoms. The SMILES string of the molecule is CSC1CCCC1NC1CC(C)c2c(C)ccc(O)c21. The standard InChI is InChI=1S/C17H25NOS/c1-10-7-8-14(19)17-13(9-11(2)16(10)17)18-12-5-4-6-15(12)20-3/h7-8,11-13,15,18-19H,4-6,9H2,1-3H3. The predicted octanol–water partition coefficient (Wildman–Crippen LogP) is 4.12. The van der Waals surface area contributed by atoms with Crippen LogP contribution in [0, 0.1) is 6.92 Å². The zero-order chi connectivity index (χ0) is 14.3. The lowest BCUT2D eigenvalue weighted by Gasteiger charge is -2.25. The molecule has 0 radical (unpaired) electrons. The van der Waals surface area contributed by atoms with Crippen LogP contribution in [0.3, 0.4) is 0 Å². The van der Waals surface area contributed by atoms with Crippen LogP contribution in [0.1, 0.15) is 61.3 Å². The fourth-order valence-electron chi connectivity index (χ4n) is 4.15. The Kier molecular flexibility index (Phi) is 4.00. The summed E-state index contributed by atoms with van der Waals surface area (Å²) >= 11 is 1.99. The molecule has 0 amide bonds. The van der Waals surface area contributed by atoms with E-state index in [4.69, 9.17) is 0 Å². The molecule has 3 heteroatoms. The predicted molar refractivity (Wildman–Crippen MR) is 86.7 cm³/mol. The van der Waals surface area contributed by atoms with E-state index in [1.807, 2.05) is 23.9 Å². The number of aromatic hydroxyl groups is 1. The zero-order valence-corrected chi connectivity index (χ0v) is 13.5. The van der Waals surface area contributed by atoms with Gasteiger partial charge in [0.15, 0.2) is 0 Å². The highest BCUT2D eigenvalue weighted by Crippen LogP contribution is 2.46. The van der Waals surface area contributed by atoms with Crippen LogP contribution >= 0.6 is 11.8 Å². The van der Waals surface area contributed by atoms with E-state index in [0.29, 0.717) is 23.8 Å². The van der Waals surface area contributed by atoms with E-state index in [9.17, 15) is 5.11 Å². The Morgan fingerprint density at radius 3 is 2.80 bits per heavy atom. The maximum absolute atomic E-state index is 10.3. The van der Waals surface area contributed by atoms with E-state index >= 15 is 0 Å². The first-order valence-corrected chi connectivity index (χ1v) is 9.01. The smallest absolute Gasteiger partial charge is 0.120 e. The summed E-state index contributed by atoms with van der Waals surface area (Å²) in [6, 6.07) is 4.85. The summed E-state index contributed by atoms with van der Waals surface area (Å²) < 4.78 is 0. The lowest BCUT2D eigenvalue weighted by molar-refractivity contribution is 0.411. The summed E-state index contributed by atoms with van der Waals surface area (Å²) in [5.41, 5.74) is 3.87. The van der Waals surface area contributed by atoms with Gasteiger partial charge >= 0.3 is 0 Å². The summed E-state index contributed by atoms with van der Waals surface area (Å²) in [6.45, 7) is 4.45. The van der Waals surface area contributed by atoms with Crippen molar-refractivity contribution in [2.24, 2.45) is 0 Å². The van der Waals surface area contributed by atoms with Crippen molar-refractivity contribution >= 4 is 11.8 Å². The Morgan fingerprint density at radius 2 is 2.05 bits per heavy atom. The number of phenolic OH excluding ortho intramolecular Hbond substituents is 1. The molecular weight excluding hydrogens is 266 g/mol. The summed E-state index contributed by atoms with van der Waals surface area (Å²) in [5.74, 6) is 1.02. The van der Waals surface area contributed by atoms with Crippen LogP contribution in [0.4, 0.5) is 0 Å². The third-order valence-corrected chi connectivity index (χ3v) is 6.25. The molecule has 0 saturated heterocycles. The maximum atomic E-state index is 10.3. The fraction of sp³-hybridized carbons (Fsp3) is 0.647. The van der Waals surface area contributed by atoms with Crippen LogP contribution < -0.4 is 5.32 Å². The number of aryl methyl sites for hydroxylation is 1. The van der Waals surface area contributed by atoms with Crippen molar-refractivity contribution in [2.75, 3.05) is 6.26 Å². The maximum Gasteiger partial charge on any atom is 0.120 e. The van der Waals surface area contributed by atoms with Crippen LogP contribution in [-0.4, -0.2) is 22.7 Å². The number of phenols is 1. The Balaban J connectivity index is 1.86. The zero-order valence-electron chi connectivity index (χ0n) is 12.6. The quantitative estimate of drug-likeness (QED) is 0.878. The number of fused-ring (bicyclic) bond motifs is 1. The highest BCUT2D eigenvalue weighted by molar-refractivity contribution is 7.99. The van der Waals surface area contributed by atoms with Crippen molar-refractivity contribution in [3.63, 3.8) is 0 Å². The van der Waals surface area contributed by atoms with Gasteiger partial charge in [0.1, 0.15) is 5.75 Å². The summed E-state index contributed by atoms with van der Waals surface area (Å²) in [5, 5.41) is 14.9. The fourth-order valence-corrected chi connectivity index (χ4v) is 5.10. The van der Waals surface area contributed by atoms with E-state index in [1.54, 1.807) is 0 Å². The van der Waals surface area contributed by atoms with Gasteiger partial charge in [0.05, 0.1) is 0 Å². The molecule has 1 fully saturated rings. The van der Waals surface area contributed by atoms with Gasteiger partial charge in [-0.15, -0.1) is 0 Å². The number of hydrogen-bond donors (Lipinski definition) is 2. The lowest BCUT2D eigenvalue weighted by atomic mass is 9.97. The summed E-state index contributed by atoms with van der Waals surface area (Å²) in [6.07, 6.45) is 7.27. The van der Waals surface area contributed by atoms with Crippen LogP contribution in [0.25, 0.3) is 0 Å². The minimum Gasteiger partial charge on any atom is -0.508 e. The monoisotopic (exact) mass is 291 g/mol. The van der Waals surface area contributed by atoms with Gasteiger partial charge in [0.25, 0.3) is 0 Å². The van der Waals surface area contributed by atoms with Gasteiger partial charge in [-0.3, -0.25) is 0 Å². The summed E-state index contributed by atoms with van der Waals surface area (Å²) in [7, 11) is 0. The van der Waals surface area contributed by atoms with E-state index < -0.39 is 0 Å². The van der Waals surface area contributed by atoms with E-state index in [0.717, 1.165) is 11.7 Å². The third-order valence-electron chi connectivity index (χ3n) is 5.08. The number of thioether (sulfide) groups is 1. The Bertz CT molecular complexity index is 502. The molecule has 0 heterocycles. The molecule has 4 unspecified atom stereocenters. The lowest BCUT2D eigenvalue weighted by Crippen LogP contribution is -2.36. The van der Waals surface area contributed by atoms with Crippen LogP contribution in [-0.2, 0) is 0 Å². The van der Waals surface area contributed by atoms with Crippen LogP contribution in [0.5, 0.6) is 5.75 Å². The Morgan fingerprint density at radius 1 is 1.25 bits per heavy atom. The number of nitrogens with one attached hydrogen (secondary N) is 1. The van der Waals surface area contributed by atoms with E-state index in [-0.39, 0.29) is 0 Å². The molecule has 2 aliphatic rings. The number of hydrogen-bond acceptors (Lipinski definition) is 3. The summed E-state index contributed by atoms with van der Waals surface area (Å²) in [4.78, 5) is 0. The van der Waals surface area contributed by atoms with Crippen molar-refractivity contribution < 1.29 is 5.11 Å². The molecule has 3 rings (SSSR count). The molecule has 4 atom stereocenters. The van der Waals surface area contributed by atoms with Gasteiger partial charge in [-0.2, -0.15) is 11.8 Å². The average Bonchev–Trinajstić information content (AvgIpc) is 3.00. The first-order valence-electron chi connectivity index (χ1n) is 7.73. The minimum atomic E-state index is 0.331. The van der Waals surface area contributed by atoms with Gasteiger partial charge in [-0.1, -0.05) is 19.4 Å². The molecule has 0 aliphatic heterocycles. The normalized spacial score (nSPS) is 32.5. The van der Waals surface area contributed by atoms with Crippen molar-refractivity contribution in [1.82, 2.24) is 5.32 Å². The highest BCUT2D eigenvalue weighted by atomic mass is 32.2. The molecular formula is C17H25NOS. The van der Waals surface area contributed by atoms with Crippen molar-refractivity contribution in [3.05, 3.63) is 28.8 Å². The Hall–Kier alpha value is -0.670. The number of benzene rings is 1. The van der Waals surface area contributed by atoms with Crippen molar-refractivity contribution in [1.29, 1.82) is 0 Å². The first kappa shape index (κ1) is 14.3. The molecule has 2 aliphatic carbocycles. The average molecular weight is 291 g/mol. The van der Waals surface area contributed by atoms with Gasteiger partial charge in [-0.05, 0) is 55.6 Å². The molecule has 1 aromatic rings. The van der Waals surface area contributed by atoms with Crippen LogP contribution in [0.15, 0.2) is 12.1 Å². The molecule has 0 aromatic heterocycles. The highest BCUT2D eigenvalue weighted by Gasteiger charge is 2.36. The second kappa shape index (κ2) is 5.61. The molecule has 0 spiro atoms. The topological polar surface area (TPSA) is 32.3 Å². The molecule has 2 nitrogen and oxygen atoms in total. The molecule has 1 saturated carbocycles. The second-order valence-corrected chi connectivity index (χ2v) is 7.47.